The summed E-state index contributed by atoms with van der Waals surface area (Å²) in [7, 11) is 0. The largest absolute Gasteiger partial charge is 0.377 e. The number of nitro benzene ring substituents is 1. The van der Waals surface area contributed by atoms with Crippen LogP contribution in [0.3, 0.4) is 0 Å². The zero-order chi connectivity index (χ0) is 20.1. The van der Waals surface area contributed by atoms with Crippen molar-refractivity contribution in [2.24, 2.45) is 0 Å². The summed E-state index contributed by atoms with van der Waals surface area (Å²) in [6.45, 7) is 5.20. The average molecular weight is 389 g/mol. The number of piperazine rings is 1. The maximum Gasteiger partial charge on any atom is 0.293 e. The highest BCUT2D eigenvalue weighted by molar-refractivity contribution is 5.96. The molecule has 1 aromatic carbocycles. The molecule has 1 aliphatic carbocycles. The Morgan fingerprint density at radius 1 is 1.21 bits per heavy atom. The van der Waals surface area contributed by atoms with Gasteiger partial charge in [0.15, 0.2) is 0 Å². The molecule has 0 radical (unpaired) electrons. The van der Waals surface area contributed by atoms with Crippen molar-refractivity contribution in [3.05, 3.63) is 33.9 Å². The van der Waals surface area contributed by atoms with Crippen molar-refractivity contribution in [3.8, 4) is 0 Å². The van der Waals surface area contributed by atoms with E-state index in [1.54, 1.807) is 17.0 Å². The summed E-state index contributed by atoms with van der Waals surface area (Å²) >= 11 is 0. The predicted octanol–water partition coefficient (Wildman–Crippen LogP) is 1.45. The Morgan fingerprint density at radius 2 is 1.93 bits per heavy atom. The van der Waals surface area contributed by atoms with Gasteiger partial charge in [-0.3, -0.25) is 24.6 Å². The van der Waals surface area contributed by atoms with Crippen molar-refractivity contribution in [1.29, 1.82) is 0 Å². The van der Waals surface area contributed by atoms with Crippen LogP contribution >= 0.6 is 0 Å². The first-order valence-electron chi connectivity index (χ1n) is 9.81. The fourth-order valence-electron chi connectivity index (χ4n) is 3.20. The van der Waals surface area contributed by atoms with E-state index < -0.39 is 4.92 Å². The van der Waals surface area contributed by atoms with Crippen molar-refractivity contribution in [1.82, 2.24) is 15.1 Å². The van der Waals surface area contributed by atoms with Crippen molar-refractivity contribution in [3.63, 3.8) is 0 Å². The Balaban J connectivity index is 1.58. The monoisotopic (exact) mass is 389 g/mol. The number of carbonyl (C=O) groups excluding carboxylic acids is 2. The second-order valence-corrected chi connectivity index (χ2v) is 7.33. The average Bonchev–Trinajstić information content (AvgIpc) is 3.50. The number of nitro groups is 1. The van der Waals surface area contributed by atoms with Gasteiger partial charge in [-0.05, 0) is 31.4 Å². The molecule has 9 nitrogen and oxygen atoms in total. The quantitative estimate of drug-likeness (QED) is 0.515. The standard InChI is InChI=1S/C19H27N5O4/c1-2-7-20-18(25)13-22-8-10-23(11-9-22)19(26)14-3-6-16(21-15-4-5-15)17(12-14)24(27)28/h3,6,12,15,21H,2,4-5,7-11,13H2,1H3,(H,20,25). The topological polar surface area (TPSA) is 108 Å². The Morgan fingerprint density at radius 3 is 2.54 bits per heavy atom. The van der Waals surface area contributed by atoms with Crippen molar-refractivity contribution in [2.75, 3.05) is 44.6 Å². The molecule has 2 aliphatic rings. The minimum Gasteiger partial charge on any atom is -0.377 e. The number of nitrogens with zero attached hydrogens (tertiary/aromatic N) is 3. The molecule has 3 rings (SSSR count). The summed E-state index contributed by atoms with van der Waals surface area (Å²) in [6, 6.07) is 4.92. The molecule has 1 aliphatic heterocycles. The number of amides is 2. The maximum absolute atomic E-state index is 12.8. The van der Waals surface area contributed by atoms with Gasteiger partial charge in [0.1, 0.15) is 5.69 Å². The molecule has 0 aromatic heterocycles. The van der Waals surface area contributed by atoms with E-state index in [2.05, 4.69) is 10.6 Å². The van der Waals surface area contributed by atoms with Gasteiger partial charge >= 0.3 is 0 Å². The highest BCUT2D eigenvalue weighted by Gasteiger charge is 2.28. The maximum atomic E-state index is 12.8. The van der Waals surface area contributed by atoms with E-state index in [1.807, 2.05) is 11.8 Å². The van der Waals surface area contributed by atoms with Crippen LogP contribution in [0, 0.1) is 10.1 Å². The van der Waals surface area contributed by atoms with E-state index in [-0.39, 0.29) is 17.5 Å². The van der Waals surface area contributed by atoms with Gasteiger partial charge in [-0.25, -0.2) is 0 Å². The predicted molar refractivity (Wildman–Crippen MR) is 105 cm³/mol. The van der Waals surface area contributed by atoms with E-state index in [0.717, 1.165) is 19.3 Å². The van der Waals surface area contributed by atoms with Crippen LogP contribution in [0.25, 0.3) is 0 Å². The lowest BCUT2D eigenvalue weighted by Crippen LogP contribution is -2.51. The first-order chi connectivity index (χ1) is 13.5. The summed E-state index contributed by atoms with van der Waals surface area (Å²) in [5.41, 5.74) is 0.720. The molecule has 2 fully saturated rings. The summed E-state index contributed by atoms with van der Waals surface area (Å²) < 4.78 is 0. The summed E-state index contributed by atoms with van der Waals surface area (Å²) in [4.78, 5) is 39.2. The molecule has 9 heteroatoms. The number of rotatable bonds is 8. The van der Waals surface area contributed by atoms with Gasteiger partial charge < -0.3 is 15.5 Å². The molecule has 152 valence electrons. The van der Waals surface area contributed by atoms with E-state index in [1.165, 1.54) is 6.07 Å². The third kappa shape index (κ3) is 5.19. The minimum atomic E-state index is -0.450. The molecule has 1 heterocycles. The Labute approximate surface area is 164 Å². The van der Waals surface area contributed by atoms with Crippen molar-refractivity contribution >= 4 is 23.2 Å². The fraction of sp³-hybridized carbons (Fsp3) is 0.579. The lowest BCUT2D eigenvalue weighted by Gasteiger charge is -2.34. The highest BCUT2D eigenvalue weighted by atomic mass is 16.6. The number of anilines is 1. The third-order valence-corrected chi connectivity index (χ3v) is 4.98. The van der Waals surface area contributed by atoms with Crippen molar-refractivity contribution in [2.45, 2.75) is 32.2 Å². The second kappa shape index (κ2) is 9.01. The first kappa shape index (κ1) is 20.1. The van der Waals surface area contributed by atoms with Crippen LogP contribution < -0.4 is 10.6 Å². The third-order valence-electron chi connectivity index (χ3n) is 4.98. The number of hydrogen-bond acceptors (Lipinski definition) is 6. The summed E-state index contributed by atoms with van der Waals surface area (Å²) in [6.07, 6.45) is 2.92. The molecule has 1 aromatic rings. The van der Waals surface area contributed by atoms with Crippen LogP contribution in [0.15, 0.2) is 18.2 Å². The highest BCUT2D eigenvalue weighted by Crippen LogP contribution is 2.31. The van der Waals surface area contributed by atoms with Gasteiger partial charge in [0, 0.05) is 50.4 Å². The van der Waals surface area contributed by atoms with Gasteiger partial charge in [-0.1, -0.05) is 6.92 Å². The zero-order valence-electron chi connectivity index (χ0n) is 16.1. The van der Waals surface area contributed by atoms with Crippen LogP contribution in [-0.4, -0.2) is 71.8 Å². The number of hydrogen-bond donors (Lipinski definition) is 2. The van der Waals surface area contributed by atoms with E-state index in [9.17, 15) is 19.7 Å². The second-order valence-electron chi connectivity index (χ2n) is 7.33. The Bertz CT molecular complexity index is 742. The number of benzene rings is 1. The molecule has 2 amide bonds. The molecule has 28 heavy (non-hydrogen) atoms. The zero-order valence-corrected chi connectivity index (χ0v) is 16.1. The molecule has 0 bridgehead atoms. The molecule has 0 unspecified atom stereocenters. The van der Waals surface area contributed by atoms with Gasteiger partial charge in [0.25, 0.3) is 11.6 Å². The van der Waals surface area contributed by atoms with E-state index in [4.69, 9.17) is 0 Å². The molecule has 1 saturated heterocycles. The Kier molecular flexibility index (Phi) is 6.45. The molecule has 0 spiro atoms. The first-order valence-corrected chi connectivity index (χ1v) is 9.81. The lowest BCUT2D eigenvalue weighted by atomic mass is 10.1. The van der Waals surface area contributed by atoms with Gasteiger partial charge in [-0.2, -0.15) is 0 Å². The smallest absolute Gasteiger partial charge is 0.293 e. The lowest BCUT2D eigenvalue weighted by molar-refractivity contribution is -0.384. The van der Waals surface area contributed by atoms with Crippen molar-refractivity contribution < 1.29 is 14.5 Å². The normalized spacial score (nSPS) is 17.2. The SMILES string of the molecule is CCCNC(=O)CN1CCN(C(=O)c2ccc(NC3CC3)c([N+](=O)[O-])c2)CC1. The van der Waals surface area contributed by atoms with Crippen LogP contribution in [0.4, 0.5) is 11.4 Å². The van der Waals surface area contributed by atoms with Gasteiger partial charge in [0.2, 0.25) is 5.91 Å². The Hall–Kier alpha value is -2.68. The molecular formula is C19H27N5O4. The number of nitrogens with one attached hydrogen (secondary N) is 2. The number of carbonyl (C=O) groups is 2. The van der Waals surface area contributed by atoms with Gasteiger partial charge in [0.05, 0.1) is 11.5 Å². The van der Waals surface area contributed by atoms with Crippen LogP contribution in [0.5, 0.6) is 0 Å². The summed E-state index contributed by atoms with van der Waals surface area (Å²) in [5, 5.41) is 17.4. The van der Waals surface area contributed by atoms with E-state index in [0.29, 0.717) is 56.6 Å². The fourth-order valence-corrected chi connectivity index (χ4v) is 3.20. The molecule has 1 saturated carbocycles. The summed E-state index contributed by atoms with van der Waals surface area (Å²) in [5.74, 6) is -0.216. The molecule has 2 N–H and O–H groups in total. The van der Waals surface area contributed by atoms with Crippen LogP contribution in [-0.2, 0) is 4.79 Å². The van der Waals surface area contributed by atoms with Crippen LogP contribution in [0.1, 0.15) is 36.5 Å². The van der Waals surface area contributed by atoms with Gasteiger partial charge in [-0.15, -0.1) is 0 Å². The molecular weight excluding hydrogens is 362 g/mol. The molecule has 0 atom stereocenters. The van der Waals surface area contributed by atoms with Crippen LogP contribution in [0.2, 0.25) is 0 Å². The minimum absolute atomic E-state index is 0.00370. The van der Waals surface area contributed by atoms with E-state index >= 15 is 0 Å².